The van der Waals surface area contributed by atoms with E-state index in [1.165, 1.54) is 0 Å². The summed E-state index contributed by atoms with van der Waals surface area (Å²) >= 11 is 9.45. The van der Waals surface area contributed by atoms with Gasteiger partial charge in [0, 0.05) is 41.5 Å². The Morgan fingerprint density at radius 3 is 3.00 bits per heavy atom. The average molecular weight is 381 g/mol. The summed E-state index contributed by atoms with van der Waals surface area (Å²) in [6.07, 6.45) is 3.27. The van der Waals surface area contributed by atoms with Crippen molar-refractivity contribution in [3.05, 3.63) is 63.3 Å². The highest BCUT2D eigenvalue weighted by molar-refractivity contribution is 9.10. The second kappa shape index (κ2) is 6.77. The highest BCUT2D eigenvalue weighted by Gasteiger charge is 2.28. The van der Waals surface area contributed by atoms with Gasteiger partial charge in [-0.2, -0.15) is 0 Å². The number of carbonyl (C=O) groups is 1. The quantitative estimate of drug-likeness (QED) is 0.869. The molecule has 1 atom stereocenters. The van der Waals surface area contributed by atoms with Gasteiger partial charge in [0.25, 0.3) is 5.91 Å². The largest absolute Gasteiger partial charge is 0.329 e. The molecule has 1 aromatic heterocycles. The van der Waals surface area contributed by atoms with E-state index in [4.69, 9.17) is 11.6 Å². The molecule has 1 unspecified atom stereocenters. The Hall–Kier alpha value is -1.43. The molecule has 0 bridgehead atoms. The zero-order valence-electron chi connectivity index (χ0n) is 11.8. The number of hydrogen-bond donors (Lipinski definition) is 1. The molecule has 1 aliphatic rings. The van der Waals surface area contributed by atoms with Gasteiger partial charge in [0.15, 0.2) is 0 Å². The summed E-state index contributed by atoms with van der Waals surface area (Å²) in [6.45, 7) is 2.15. The first-order chi connectivity index (χ1) is 10.6. The van der Waals surface area contributed by atoms with Crippen LogP contribution in [0.2, 0.25) is 5.02 Å². The zero-order valence-corrected chi connectivity index (χ0v) is 14.1. The van der Waals surface area contributed by atoms with Crippen LogP contribution in [0.15, 0.2) is 47.2 Å². The van der Waals surface area contributed by atoms with Crippen molar-refractivity contribution in [2.45, 2.75) is 6.04 Å². The number of piperazine rings is 1. The molecule has 1 saturated heterocycles. The van der Waals surface area contributed by atoms with E-state index in [1.807, 2.05) is 29.2 Å². The van der Waals surface area contributed by atoms with E-state index in [2.05, 4.69) is 26.2 Å². The van der Waals surface area contributed by atoms with Crippen molar-refractivity contribution >= 4 is 33.4 Å². The molecule has 1 N–H and O–H groups in total. The molecular weight excluding hydrogens is 366 g/mol. The van der Waals surface area contributed by atoms with Gasteiger partial charge in [0.1, 0.15) is 0 Å². The molecule has 0 spiro atoms. The van der Waals surface area contributed by atoms with Crippen LogP contribution < -0.4 is 5.32 Å². The van der Waals surface area contributed by atoms with Gasteiger partial charge in [-0.05, 0) is 39.7 Å². The Labute approximate surface area is 142 Å². The minimum atomic E-state index is -0.0288. The fourth-order valence-electron chi connectivity index (χ4n) is 2.65. The predicted octanol–water partition coefficient (Wildman–Crippen LogP) is 3.28. The van der Waals surface area contributed by atoms with E-state index in [1.54, 1.807) is 18.5 Å². The van der Waals surface area contributed by atoms with Crippen LogP contribution in [0, 0.1) is 0 Å². The van der Waals surface area contributed by atoms with Crippen LogP contribution >= 0.6 is 27.5 Å². The molecule has 22 heavy (non-hydrogen) atoms. The minimum absolute atomic E-state index is 0.0136. The third-order valence-electron chi connectivity index (χ3n) is 3.69. The summed E-state index contributed by atoms with van der Waals surface area (Å²) in [5.41, 5.74) is 1.62. The molecule has 1 amide bonds. The normalized spacial score (nSPS) is 18.3. The number of nitrogens with zero attached hydrogens (tertiary/aromatic N) is 2. The van der Waals surface area contributed by atoms with Crippen molar-refractivity contribution in [1.82, 2.24) is 15.2 Å². The van der Waals surface area contributed by atoms with Crippen molar-refractivity contribution in [2.75, 3.05) is 19.6 Å². The number of pyridine rings is 1. The molecule has 2 aromatic rings. The standard InChI is InChI=1S/C16H15BrClN3O/c17-13-6-12(8-20-9-13)16(22)21-5-4-19-10-15(21)11-2-1-3-14(18)7-11/h1-3,6-9,15,19H,4-5,10H2. The molecule has 0 aliphatic carbocycles. The second-order valence-electron chi connectivity index (χ2n) is 5.17. The predicted molar refractivity (Wildman–Crippen MR) is 90.0 cm³/mol. The summed E-state index contributed by atoms with van der Waals surface area (Å²) in [4.78, 5) is 18.8. The number of hydrogen-bond acceptors (Lipinski definition) is 3. The smallest absolute Gasteiger partial charge is 0.256 e. The number of carbonyl (C=O) groups excluding carboxylic acids is 1. The maximum atomic E-state index is 12.8. The van der Waals surface area contributed by atoms with Gasteiger partial charge in [0.05, 0.1) is 11.6 Å². The Bertz CT molecular complexity index is 695. The third-order valence-corrected chi connectivity index (χ3v) is 4.36. The Kier molecular flexibility index (Phi) is 4.76. The molecule has 2 heterocycles. The maximum absolute atomic E-state index is 12.8. The van der Waals surface area contributed by atoms with Crippen molar-refractivity contribution in [3.63, 3.8) is 0 Å². The molecule has 3 rings (SSSR count). The van der Waals surface area contributed by atoms with E-state index in [-0.39, 0.29) is 11.9 Å². The van der Waals surface area contributed by atoms with Crippen LogP contribution in [0.5, 0.6) is 0 Å². The number of amides is 1. The number of aromatic nitrogens is 1. The molecule has 0 saturated carbocycles. The van der Waals surface area contributed by atoms with Crippen LogP contribution in [0.25, 0.3) is 0 Å². The van der Waals surface area contributed by atoms with E-state index in [0.717, 1.165) is 16.6 Å². The van der Waals surface area contributed by atoms with Crippen LogP contribution in [0.3, 0.4) is 0 Å². The highest BCUT2D eigenvalue weighted by Crippen LogP contribution is 2.26. The average Bonchev–Trinajstić information content (AvgIpc) is 2.54. The van der Waals surface area contributed by atoms with E-state index in [9.17, 15) is 4.79 Å². The number of nitrogens with one attached hydrogen (secondary N) is 1. The lowest BCUT2D eigenvalue weighted by Crippen LogP contribution is -2.48. The van der Waals surface area contributed by atoms with Crippen LogP contribution in [0.4, 0.5) is 0 Å². The molecule has 6 heteroatoms. The lowest BCUT2D eigenvalue weighted by Gasteiger charge is -2.36. The monoisotopic (exact) mass is 379 g/mol. The van der Waals surface area contributed by atoms with Crippen molar-refractivity contribution < 1.29 is 4.79 Å². The molecule has 1 aromatic carbocycles. The molecular formula is C16H15BrClN3O. The first kappa shape index (κ1) is 15.5. The van der Waals surface area contributed by atoms with Gasteiger partial charge in [-0.1, -0.05) is 23.7 Å². The van der Waals surface area contributed by atoms with Gasteiger partial charge in [-0.25, -0.2) is 0 Å². The lowest BCUT2D eigenvalue weighted by molar-refractivity contribution is 0.0634. The van der Waals surface area contributed by atoms with Crippen molar-refractivity contribution in [3.8, 4) is 0 Å². The topological polar surface area (TPSA) is 45.2 Å². The zero-order chi connectivity index (χ0) is 15.5. The van der Waals surface area contributed by atoms with E-state index in [0.29, 0.717) is 23.7 Å². The highest BCUT2D eigenvalue weighted by atomic mass is 79.9. The molecule has 1 fully saturated rings. The van der Waals surface area contributed by atoms with Crippen LogP contribution in [0.1, 0.15) is 22.0 Å². The molecule has 4 nitrogen and oxygen atoms in total. The first-order valence-electron chi connectivity index (χ1n) is 7.03. The van der Waals surface area contributed by atoms with Gasteiger partial charge < -0.3 is 10.2 Å². The summed E-state index contributed by atoms with van der Waals surface area (Å²) in [5, 5.41) is 4.02. The summed E-state index contributed by atoms with van der Waals surface area (Å²) < 4.78 is 0.799. The fourth-order valence-corrected chi connectivity index (χ4v) is 3.22. The Morgan fingerprint density at radius 1 is 1.36 bits per heavy atom. The molecule has 1 aliphatic heterocycles. The second-order valence-corrected chi connectivity index (χ2v) is 6.52. The Morgan fingerprint density at radius 2 is 2.23 bits per heavy atom. The van der Waals surface area contributed by atoms with E-state index >= 15 is 0 Å². The number of benzene rings is 1. The first-order valence-corrected chi connectivity index (χ1v) is 8.20. The minimum Gasteiger partial charge on any atom is -0.329 e. The van der Waals surface area contributed by atoms with Crippen LogP contribution in [-0.4, -0.2) is 35.4 Å². The SMILES string of the molecule is O=C(c1cncc(Br)c1)N1CCNCC1c1cccc(Cl)c1. The van der Waals surface area contributed by atoms with Crippen LogP contribution in [-0.2, 0) is 0 Å². The summed E-state index contributed by atoms with van der Waals surface area (Å²) in [5.74, 6) is -0.0136. The summed E-state index contributed by atoms with van der Waals surface area (Å²) in [7, 11) is 0. The fraction of sp³-hybridized carbons (Fsp3) is 0.250. The number of halogens is 2. The van der Waals surface area contributed by atoms with Gasteiger partial charge in [-0.15, -0.1) is 0 Å². The maximum Gasteiger partial charge on any atom is 0.256 e. The molecule has 0 radical (unpaired) electrons. The van der Waals surface area contributed by atoms with Crippen molar-refractivity contribution in [1.29, 1.82) is 0 Å². The third kappa shape index (κ3) is 3.32. The van der Waals surface area contributed by atoms with Gasteiger partial charge in [0.2, 0.25) is 0 Å². The summed E-state index contributed by atoms with van der Waals surface area (Å²) in [6, 6.07) is 9.44. The number of rotatable bonds is 2. The van der Waals surface area contributed by atoms with Gasteiger partial charge in [-0.3, -0.25) is 9.78 Å². The molecule has 114 valence electrons. The van der Waals surface area contributed by atoms with Crippen molar-refractivity contribution in [2.24, 2.45) is 0 Å². The van der Waals surface area contributed by atoms with Gasteiger partial charge >= 0.3 is 0 Å². The Balaban J connectivity index is 1.91. The van der Waals surface area contributed by atoms with E-state index < -0.39 is 0 Å². The lowest BCUT2D eigenvalue weighted by atomic mass is 10.0.